The van der Waals surface area contributed by atoms with Gasteiger partial charge in [-0.25, -0.2) is 18.1 Å². The van der Waals surface area contributed by atoms with Crippen molar-refractivity contribution in [2.24, 2.45) is 0 Å². The summed E-state index contributed by atoms with van der Waals surface area (Å²) in [6.07, 6.45) is 5.54. The number of rotatable bonds is 6. The molecular formula is C10H12BrN5O2S. The minimum Gasteiger partial charge on any atom is -0.263 e. The Bertz CT molecular complexity index is 629. The van der Waals surface area contributed by atoms with Gasteiger partial charge in [-0.15, -0.1) is 0 Å². The minimum atomic E-state index is -3.51. The van der Waals surface area contributed by atoms with Crippen molar-refractivity contribution in [2.75, 3.05) is 6.54 Å². The minimum absolute atomic E-state index is 0.140. The number of aromatic amines is 1. The third kappa shape index (κ3) is 4.08. The van der Waals surface area contributed by atoms with Crippen LogP contribution in [0.3, 0.4) is 0 Å². The zero-order valence-corrected chi connectivity index (χ0v) is 12.3. The molecule has 2 heterocycles. The molecule has 0 fully saturated rings. The van der Waals surface area contributed by atoms with E-state index in [1.54, 1.807) is 0 Å². The number of aromatic nitrogens is 4. The lowest BCUT2D eigenvalue weighted by Crippen LogP contribution is -2.25. The average Bonchev–Trinajstić information content (AvgIpc) is 2.88. The molecule has 19 heavy (non-hydrogen) atoms. The third-order valence-corrected chi connectivity index (χ3v) is 4.20. The molecule has 0 saturated carbocycles. The summed E-state index contributed by atoms with van der Waals surface area (Å²) in [4.78, 5) is 7.93. The van der Waals surface area contributed by atoms with Crippen molar-refractivity contribution in [2.45, 2.75) is 17.7 Å². The van der Waals surface area contributed by atoms with Crippen LogP contribution in [0, 0.1) is 0 Å². The predicted octanol–water partition coefficient (Wildman–Crippen LogP) is 0.873. The first-order valence-electron chi connectivity index (χ1n) is 5.52. The van der Waals surface area contributed by atoms with Gasteiger partial charge in [0.2, 0.25) is 10.0 Å². The zero-order chi connectivity index (χ0) is 13.7. The normalized spacial score (nSPS) is 11.6. The highest BCUT2D eigenvalue weighted by Gasteiger charge is 2.13. The van der Waals surface area contributed by atoms with Gasteiger partial charge >= 0.3 is 0 Å². The Balaban J connectivity index is 1.88. The van der Waals surface area contributed by atoms with E-state index >= 15 is 0 Å². The van der Waals surface area contributed by atoms with E-state index in [9.17, 15) is 8.42 Å². The molecule has 0 aromatic carbocycles. The summed E-state index contributed by atoms with van der Waals surface area (Å²) in [5, 5.41) is 6.44. The van der Waals surface area contributed by atoms with Gasteiger partial charge in [0.05, 0.1) is 0 Å². The van der Waals surface area contributed by atoms with Gasteiger partial charge in [0.1, 0.15) is 17.0 Å². The Labute approximate surface area is 119 Å². The standard InChI is InChI=1S/C10H12BrN5O2S/c11-8-4-9(6-12-5-8)19(17,18)15-3-1-2-10-13-7-14-16-10/h4-7,15H,1-3H2,(H,13,14,16). The van der Waals surface area contributed by atoms with Crippen molar-refractivity contribution in [3.05, 3.63) is 35.1 Å². The largest absolute Gasteiger partial charge is 0.263 e. The lowest BCUT2D eigenvalue weighted by Gasteiger charge is -2.06. The average molecular weight is 346 g/mol. The van der Waals surface area contributed by atoms with Crippen molar-refractivity contribution in [1.82, 2.24) is 24.9 Å². The van der Waals surface area contributed by atoms with Crippen LogP contribution < -0.4 is 4.72 Å². The quantitative estimate of drug-likeness (QED) is 0.756. The molecule has 2 aromatic rings. The number of H-pyrrole nitrogens is 1. The second kappa shape index (κ2) is 6.22. The maximum Gasteiger partial charge on any atom is 0.242 e. The molecule has 2 rings (SSSR count). The number of hydrogen-bond acceptors (Lipinski definition) is 5. The van der Waals surface area contributed by atoms with Crippen molar-refractivity contribution < 1.29 is 8.42 Å². The first-order chi connectivity index (χ1) is 9.08. The summed E-state index contributed by atoms with van der Waals surface area (Å²) >= 11 is 3.19. The molecular weight excluding hydrogens is 334 g/mol. The summed E-state index contributed by atoms with van der Waals surface area (Å²) in [6.45, 7) is 0.329. The fourth-order valence-corrected chi connectivity index (χ4v) is 3.01. The van der Waals surface area contributed by atoms with Gasteiger partial charge in [-0.3, -0.25) is 10.1 Å². The molecule has 7 nitrogen and oxygen atoms in total. The van der Waals surface area contributed by atoms with Crippen LogP contribution >= 0.6 is 15.9 Å². The highest BCUT2D eigenvalue weighted by Crippen LogP contribution is 2.13. The molecule has 2 N–H and O–H groups in total. The Morgan fingerprint density at radius 3 is 2.89 bits per heavy atom. The van der Waals surface area contributed by atoms with Crippen molar-refractivity contribution in [1.29, 1.82) is 0 Å². The highest BCUT2D eigenvalue weighted by molar-refractivity contribution is 9.10. The molecule has 9 heteroatoms. The molecule has 0 aliphatic carbocycles. The number of sulfonamides is 1. The zero-order valence-electron chi connectivity index (χ0n) is 9.88. The lowest BCUT2D eigenvalue weighted by atomic mass is 10.3. The Hall–Kier alpha value is -1.32. The van der Waals surface area contributed by atoms with E-state index in [4.69, 9.17) is 0 Å². The van der Waals surface area contributed by atoms with Gasteiger partial charge in [-0.2, -0.15) is 5.10 Å². The van der Waals surface area contributed by atoms with Gasteiger partial charge < -0.3 is 0 Å². The number of aryl methyl sites for hydroxylation is 1. The summed E-state index contributed by atoms with van der Waals surface area (Å²) in [5.74, 6) is 0.739. The summed E-state index contributed by atoms with van der Waals surface area (Å²) < 4.78 is 27.0. The molecule has 0 spiro atoms. The monoisotopic (exact) mass is 345 g/mol. The molecule has 2 aromatic heterocycles. The number of nitrogens with one attached hydrogen (secondary N) is 2. The number of pyridine rings is 1. The first kappa shape index (κ1) is 14.1. The van der Waals surface area contributed by atoms with E-state index in [1.165, 1.54) is 24.8 Å². The SMILES string of the molecule is O=S(=O)(NCCCc1ncn[nH]1)c1cncc(Br)c1. The van der Waals surface area contributed by atoms with Crippen LogP contribution in [0.2, 0.25) is 0 Å². The maximum absolute atomic E-state index is 11.9. The molecule has 0 bridgehead atoms. The molecule has 0 unspecified atom stereocenters. The van der Waals surface area contributed by atoms with E-state index in [0.717, 1.165) is 5.82 Å². The molecule has 0 aliphatic heterocycles. The molecule has 0 aliphatic rings. The topological polar surface area (TPSA) is 101 Å². The fraction of sp³-hybridized carbons (Fsp3) is 0.300. The van der Waals surface area contributed by atoms with Gasteiger partial charge in [0.15, 0.2) is 0 Å². The second-order valence-electron chi connectivity index (χ2n) is 3.77. The number of hydrogen-bond donors (Lipinski definition) is 2. The lowest BCUT2D eigenvalue weighted by molar-refractivity contribution is 0.577. The van der Waals surface area contributed by atoms with Crippen LogP contribution in [0.15, 0.2) is 34.2 Å². The number of nitrogens with zero attached hydrogens (tertiary/aromatic N) is 3. The van der Waals surface area contributed by atoms with Crippen LogP contribution in [-0.4, -0.2) is 35.1 Å². The van der Waals surface area contributed by atoms with Gasteiger partial charge in [-0.05, 0) is 28.4 Å². The van der Waals surface area contributed by atoms with E-state index < -0.39 is 10.0 Å². The molecule has 102 valence electrons. The van der Waals surface area contributed by atoms with E-state index in [-0.39, 0.29) is 4.90 Å². The Morgan fingerprint density at radius 1 is 1.37 bits per heavy atom. The van der Waals surface area contributed by atoms with E-state index in [1.807, 2.05) is 0 Å². The molecule has 0 amide bonds. The third-order valence-electron chi connectivity index (χ3n) is 2.34. The molecule has 0 atom stereocenters. The van der Waals surface area contributed by atoms with Crippen LogP contribution in [0.1, 0.15) is 12.2 Å². The first-order valence-corrected chi connectivity index (χ1v) is 7.80. The van der Waals surface area contributed by atoms with Crippen LogP contribution in [0.5, 0.6) is 0 Å². The fourth-order valence-electron chi connectivity index (χ4n) is 1.44. The summed E-state index contributed by atoms with van der Waals surface area (Å²) in [5.41, 5.74) is 0. The van der Waals surface area contributed by atoms with Crippen LogP contribution in [-0.2, 0) is 16.4 Å². The van der Waals surface area contributed by atoms with Crippen LogP contribution in [0.4, 0.5) is 0 Å². The van der Waals surface area contributed by atoms with Crippen molar-refractivity contribution in [3.8, 4) is 0 Å². The highest BCUT2D eigenvalue weighted by atomic mass is 79.9. The number of halogens is 1. The summed E-state index contributed by atoms with van der Waals surface area (Å²) in [7, 11) is -3.51. The van der Waals surface area contributed by atoms with Gasteiger partial charge in [-0.1, -0.05) is 0 Å². The van der Waals surface area contributed by atoms with Crippen molar-refractivity contribution in [3.63, 3.8) is 0 Å². The van der Waals surface area contributed by atoms with Gasteiger partial charge in [0.25, 0.3) is 0 Å². The second-order valence-corrected chi connectivity index (χ2v) is 6.45. The molecule has 0 saturated heterocycles. The Kier molecular flexibility index (Phi) is 4.61. The smallest absolute Gasteiger partial charge is 0.242 e. The maximum atomic E-state index is 11.9. The van der Waals surface area contributed by atoms with Crippen LogP contribution in [0.25, 0.3) is 0 Å². The van der Waals surface area contributed by atoms with E-state index in [0.29, 0.717) is 23.9 Å². The van der Waals surface area contributed by atoms with E-state index in [2.05, 4.69) is 40.8 Å². The Morgan fingerprint density at radius 2 is 2.21 bits per heavy atom. The van der Waals surface area contributed by atoms with Crippen molar-refractivity contribution >= 4 is 26.0 Å². The summed E-state index contributed by atoms with van der Waals surface area (Å²) in [6, 6.07) is 1.51. The predicted molar refractivity (Wildman–Crippen MR) is 71.8 cm³/mol. The van der Waals surface area contributed by atoms with Gasteiger partial charge in [0, 0.05) is 29.8 Å². The molecule has 0 radical (unpaired) electrons.